The summed E-state index contributed by atoms with van der Waals surface area (Å²) in [6.45, 7) is 0.697. The minimum Gasteiger partial charge on any atom is -0.478 e. The van der Waals surface area contributed by atoms with E-state index in [-0.39, 0.29) is 11.4 Å². The van der Waals surface area contributed by atoms with Crippen LogP contribution in [0.3, 0.4) is 0 Å². The van der Waals surface area contributed by atoms with Gasteiger partial charge >= 0.3 is 5.97 Å². The Morgan fingerprint density at radius 3 is 2.82 bits per heavy atom. The highest BCUT2D eigenvalue weighted by Crippen LogP contribution is 2.27. The van der Waals surface area contributed by atoms with Crippen molar-refractivity contribution in [1.29, 1.82) is 0 Å². The molecule has 92 valence electrons. The van der Waals surface area contributed by atoms with E-state index in [9.17, 15) is 13.2 Å². The van der Waals surface area contributed by atoms with Crippen LogP contribution in [-0.4, -0.2) is 31.9 Å². The van der Waals surface area contributed by atoms with Crippen LogP contribution in [0.2, 0.25) is 0 Å². The van der Waals surface area contributed by atoms with Crippen LogP contribution in [0.4, 0.5) is 5.69 Å². The molecule has 2 rings (SSSR count). The van der Waals surface area contributed by atoms with Crippen LogP contribution in [-0.2, 0) is 17.1 Å². The van der Waals surface area contributed by atoms with E-state index in [0.29, 0.717) is 6.54 Å². The molecule has 1 aromatic carbocycles. The van der Waals surface area contributed by atoms with Crippen LogP contribution in [0.15, 0.2) is 18.2 Å². The molecule has 0 unspecified atom stereocenters. The molecule has 0 saturated heterocycles. The number of carboxylic acid groups (broad SMARTS) is 1. The molecule has 5 nitrogen and oxygen atoms in total. The summed E-state index contributed by atoms with van der Waals surface area (Å²) in [6, 6.07) is 4.83. The van der Waals surface area contributed by atoms with E-state index in [1.165, 1.54) is 6.07 Å². The number of aryl methyl sites for hydroxylation is 1. The fourth-order valence-electron chi connectivity index (χ4n) is 2.09. The number of thiol groups is 1. The summed E-state index contributed by atoms with van der Waals surface area (Å²) in [5.74, 6) is -0.964. The molecule has 0 aliphatic carbocycles. The first-order valence-corrected chi connectivity index (χ1v) is 6.67. The third-order valence-corrected chi connectivity index (χ3v) is 3.40. The molecule has 0 fully saturated rings. The average Bonchev–Trinajstić information content (AvgIpc) is 2.28. The number of fused-ring (bicyclic) bond motifs is 1. The predicted octanol–water partition coefficient (Wildman–Crippen LogP) is 0.706. The van der Waals surface area contributed by atoms with Gasteiger partial charge in [0.25, 0.3) is 0 Å². The summed E-state index contributed by atoms with van der Waals surface area (Å²) in [6.07, 6.45) is 1.64. The lowest BCUT2D eigenvalue weighted by Gasteiger charge is -2.29. The van der Waals surface area contributed by atoms with Crippen molar-refractivity contribution in [3.05, 3.63) is 29.3 Å². The van der Waals surface area contributed by atoms with Gasteiger partial charge in [0, 0.05) is 12.2 Å². The van der Waals surface area contributed by atoms with Crippen LogP contribution < -0.4 is 4.90 Å². The van der Waals surface area contributed by atoms with Gasteiger partial charge in [-0.1, -0.05) is 0 Å². The Kier molecular flexibility index (Phi) is 3.33. The van der Waals surface area contributed by atoms with Crippen LogP contribution in [0, 0.1) is 0 Å². The summed E-state index contributed by atoms with van der Waals surface area (Å²) in [5, 5.41) is 8.89. The van der Waals surface area contributed by atoms with Crippen molar-refractivity contribution in [2.24, 2.45) is 0 Å². The summed E-state index contributed by atoms with van der Waals surface area (Å²) < 4.78 is 21.5. The molecule has 6 heteroatoms. The Morgan fingerprint density at radius 2 is 2.18 bits per heavy atom. The van der Waals surface area contributed by atoms with Crippen molar-refractivity contribution in [2.75, 3.05) is 17.3 Å². The molecule has 0 saturated carbocycles. The summed E-state index contributed by atoms with van der Waals surface area (Å²) in [7, 11) is -2.46. The van der Waals surface area contributed by atoms with Gasteiger partial charge in [-0.2, -0.15) is 0 Å². The fraction of sp³-hybridized carbons (Fsp3) is 0.364. The van der Waals surface area contributed by atoms with E-state index in [2.05, 4.69) is 0 Å². The zero-order valence-electron chi connectivity index (χ0n) is 9.13. The van der Waals surface area contributed by atoms with E-state index in [1.807, 2.05) is 0 Å². The number of hydrogen-bond donors (Lipinski definition) is 2. The molecule has 1 aliphatic rings. The van der Waals surface area contributed by atoms with Gasteiger partial charge in [-0.3, -0.25) is 0 Å². The maximum Gasteiger partial charge on any atom is 0.335 e. The van der Waals surface area contributed by atoms with E-state index in [0.717, 1.165) is 24.1 Å². The molecule has 1 heterocycles. The first-order chi connectivity index (χ1) is 8.08. The minimum atomic E-state index is -2.46. The van der Waals surface area contributed by atoms with Crippen LogP contribution in [0.1, 0.15) is 22.3 Å². The van der Waals surface area contributed by atoms with Gasteiger partial charge in [0.05, 0.1) is 5.56 Å². The van der Waals surface area contributed by atoms with E-state index in [4.69, 9.17) is 5.11 Å². The van der Waals surface area contributed by atoms with Gasteiger partial charge in [0.15, 0.2) is 10.7 Å². The van der Waals surface area contributed by atoms with Gasteiger partial charge < -0.3 is 10.0 Å². The number of aromatic carboxylic acids is 1. The lowest BCUT2D eigenvalue weighted by atomic mass is 10.00. The van der Waals surface area contributed by atoms with Gasteiger partial charge in [0.1, 0.15) is 5.88 Å². The first-order valence-electron chi connectivity index (χ1n) is 5.31. The Balaban J connectivity index is 2.36. The highest BCUT2D eigenvalue weighted by molar-refractivity contribution is 7.72. The number of rotatable bonds is 3. The molecular formula is C11H13NO4S. The third-order valence-electron chi connectivity index (χ3n) is 2.83. The summed E-state index contributed by atoms with van der Waals surface area (Å²) in [4.78, 5) is 12.6. The van der Waals surface area contributed by atoms with Crippen molar-refractivity contribution in [3.8, 4) is 0 Å². The second-order valence-corrected chi connectivity index (χ2v) is 4.94. The maximum absolute atomic E-state index is 10.8. The maximum atomic E-state index is 10.8. The molecule has 0 atom stereocenters. The molecule has 1 N–H and O–H groups in total. The second-order valence-electron chi connectivity index (χ2n) is 3.99. The molecule has 1 aromatic rings. The summed E-state index contributed by atoms with van der Waals surface area (Å²) in [5.41, 5.74) is 1.99. The standard InChI is InChI=1S/C11H13NO4S/c13-11(14)9-3-4-10-8(6-9)2-1-5-12(10)7-17(15)16/h3-4,6,17H,1-2,5,7H2,(H,13,14). The van der Waals surface area contributed by atoms with Gasteiger partial charge in [-0.25, -0.2) is 13.2 Å². The molecular weight excluding hydrogens is 242 g/mol. The number of benzene rings is 1. The van der Waals surface area contributed by atoms with Crippen molar-refractivity contribution < 1.29 is 18.3 Å². The zero-order valence-corrected chi connectivity index (χ0v) is 10.0. The molecule has 0 spiro atoms. The van der Waals surface area contributed by atoms with Crippen LogP contribution in [0.5, 0.6) is 0 Å². The minimum absolute atomic E-state index is 0.00521. The Hall–Kier alpha value is -1.56. The molecule has 0 bridgehead atoms. The highest BCUT2D eigenvalue weighted by atomic mass is 32.2. The number of hydrogen-bond acceptors (Lipinski definition) is 4. The van der Waals surface area contributed by atoms with Crippen molar-refractivity contribution in [1.82, 2.24) is 0 Å². The smallest absolute Gasteiger partial charge is 0.335 e. The van der Waals surface area contributed by atoms with Gasteiger partial charge in [-0.15, -0.1) is 0 Å². The molecule has 1 aliphatic heterocycles. The predicted molar refractivity (Wildman–Crippen MR) is 64.3 cm³/mol. The first kappa shape index (κ1) is 11.9. The van der Waals surface area contributed by atoms with E-state index in [1.54, 1.807) is 17.0 Å². The van der Waals surface area contributed by atoms with Crippen molar-refractivity contribution >= 4 is 22.4 Å². The van der Waals surface area contributed by atoms with Gasteiger partial charge in [0.2, 0.25) is 0 Å². The van der Waals surface area contributed by atoms with E-state index < -0.39 is 16.7 Å². The monoisotopic (exact) mass is 255 g/mol. The molecule has 0 radical (unpaired) electrons. The molecule has 0 amide bonds. The largest absolute Gasteiger partial charge is 0.478 e. The number of nitrogens with zero attached hydrogens (tertiary/aromatic N) is 1. The number of anilines is 1. The van der Waals surface area contributed by atoms with Gasteiger partial charge in [-0.05, 0) is 36.6 Å². The lowest BCUT2D eigenvalue weighted by molar-refractivity contribution is 0.0696. The van der Waals surface area contributed by atoms with Crippen LogP contribution >= 0.6 is 0 Å². The second kappa shape index (κ2) is 4.75. The highest BCUT2D eigenvalue weighted by Gasteiger charge is 2.18. The van der Waals surface area contributed by atoms with Crippen LogP contribution in [0.25, 0.3) is 0 Å². The lowest BCUT2D eigenvalue weighted by Crippen LogP contribution is -2.31. The van der Waals surface area contributed by atoms with Crippen molar-refractivity contribution in [3.63, 3.8) is 0 Å². The molecule has 17 heavy (non-hydrogen) atoms. The average molecular weight is 255 g/mol. The topological polar surface area (TPSA) is 74.7 Å². The quantitative estimate of drug-likeness (QED) is 0.778. The van der Waals surface area contributed by atoms with E-state index >= 15 is 0 Å². The normalized spacial score (nSPS) is 14.8. The summed E-state index contributed by atoms with van der Waals surface area (Å²) >= 11 is 0. The number of carbonyl (C=O) groups is 1. The van der Waals surface area contributed by atoms with Crippen molar-refractivity contribution in [2.45, 2.75) is 12.8 Å². The molecule has 0 aromatic heterocycles. The third kappa shape index (κ3) is 2.58. The Labute approximate surface area is 101 Å². The SMILES string of the molecule is O=C(O)c1ccc2c(c1)CCCN2C[SH](=O)=O. The number of carboxylic acids is 1. The Morgan fingerprint density at radius 1 is 1.41 bits per heavy atom. The Bertz CT molecular complexity index is 516. The zero-order chi connectivity index (χ0) is 12.4. The fourth-order valence-corrected chi connectivity index (χ4v) is 2.67.